The topological polar surface area (TPSA) is 68.1 Å². The number of nitrogens with zero attached hydrogens (tertiary/aromatic N) is 2. The van der Waals surface area contributed by atoms with Crippen molar-refractivity contribution in [3.63, 3.8) is 0 Å². The van der Waals surface area contributed by atoms with Crippen molar-refractivity contribution in [2.24, 2.45) is 11.8 Å². The van der Waals surface area contributed by atoms with Gasteiger partial charge in [-0.2, -0.15) is 0 Å². The van der Waals surface area contributed by atoms with E-state index in [4.69, 9.17) is 11.6 Å². The minimum Gasteiger partial charge on any atom is -0.364 e. The Kier molecular flexibility index (Phi) is 4.58. The summed E-state index contributed by atoms with van der Waals surface area (Å²) in [6.45, 7) is 2.98. The zero-order chi connectivity index (χ0) is 13.8. The van der Waals surface area contributed by atoms with Gasteiger partial charge in [0.2, 0.25) is 5.82 Å². The molecule has 1 aliphatic rings. The highest BCUT2D eigenvalue weighted by molar-refractivity contribution is 6.30. The molecule has 0 bridgehead atoms. The monoisotopic (exact) mass is 283 g/mol. The normalized spacial score (nSPS) is 23.1. The Morgan fingerprint density at radius 3 is 2.95 bits per heavy atom. The molecule has 1 N–H and O–H groups in total. The average Bonchev–Trinajstić information content (AvgIpc) is 2.38. The van der Waals surface area contributed by atoms with Crippen LogP contribution in [-0.4, -0.2) is 16.5 Å². The Balaban J connectivity index is 2.04. The summed E-state index contributed by atoms with van der Waals surface area (Å²) in [6.07, 6.45) is 6.38. The van der Waals surface area contributed by atoms with E-state index >= 15 is 0 Å². The minimum atomic E-state index is -0.453. The van der Waals surface area contributed by atoms with E-state index in [1.54, 1.807) is 0 Å². The van der Waals surface area contributed by atoms with E-state index in [0.29, 0.717) is 17.7 Å². The molecule has 0 spiro atoms. The fourth-order valence-electron chi connectivity index (χ4n) is 2.63. The number of nitro groups is 1. The molecule has 1 saturated carbocycles. The van der Waals surface area contributed by atoms with E-state index in [1.165, 1.54) is 37.9 Å². The summed E-state index contributed by atoms with van der Waals surface area (Å²) < 4.78 is 0. The van der Waals surface area contributed by atoms with Gasteiger partial charge < -0.3 is 5.32 Å². The quantitative estimate of drug-likeness (QED) is 0.672. The number of rotatable bonds is 4. The summed E-state index contributed by atoms with van der Waals surface area (Å²) in [7, 11) is 0. The van der Waals surface area contributed by atoms with Crippen molar-refractivity contribution < 1.29 is 4.92 Å². The minimum absolute atomic E-state index is 0.0593. The van der Waals surface area contributed by atoms with Gasteiger partial charge in [0.05, 0.1) is 9.95 Å². The van der Waals surface area contributed by atoms with E-state index in [1.807, 2.05) is 0 Å². The number of pyridine rings is 1. The maximum Gasteiger partial charge on any atom is 0.312 e. The van der Waals surface area contributed by atoms with Crippen LogP contribution in [-0.2, 0) is 0 Å². The molecule has 0 amide bonds. The molecule has 0 aromatic carbocycles. The summed E-state index contributed by atoms with van der Waals surface area (Å²) in [6, 6.07) is 1.33. The fraction of sp³-hybridized carbons (Fsp3) is 0.615. The number of hydrogen-bond acceptors (Lipinski definition) is 4. The summed E-state index contributed by atoms with van der Waals surface area (Å²) in [5.74, 6) is 1.53. The molecule has 2 atom stereocenters. The summed E-state index contributed by atoms with van der Waals surface area (Å²) >= 11 is 5.74. The second-order valence-electron chi connectivity index (χ2n) is 5.18. The second-order valence-corrected chi connectivity index (χ2v) is 5.62. The van der Waals surface area contributed by atoms with Crippen molar-refractivity contribution in [3.8, 4) is 0 Å². The molecule has 2 rings (SSSR count). The molecule has 2 unspecified atom stereocenters. The standard InChI is InChI=1S/C13H18ClN3O2/c1-9-4-2-3-5-10(9)7-15-13-12(17(18)19)6-11(14)8-16-13/h6,8-10H,2-5,7H2,1H3,(H,15,16). The van der Waals surface area contributed by atoms with E-state index in [2.05, 4.69) is 17.2 Å². The molecular weight excluding hydrogens is 266 g/mol. The molecule has 0 aliphatic heterocycles. The van der Waals surface area contributed by atoms with Crippen molar-refractivity contribution in [1.29, 1.82) is 0 Å². The molecule has 19 heavy (non-hydrogen) atoms. The highest BCUT2D eigenvalue weighted by Crippen LogP contribution is 2.31. The fourth-order valence-corrected chi connectivity index (χ4v) is 2.78. The van der Waals surface area contributed by atoms with Crippen molar-refractivity contribution >= 4 is 23.1 Å². The van der Waals surface area contributed by atoms with E-state index < -0.39 is 4.92 Å². The van der Waals surface area contributed by atoms with Crippen LogP contribution in [0.3, 0.4) is 0 Å². The van der Waals surface area contributed by atoms with Gasteiger partial charge >= 0.3 is 5.69 Å². The Morgan fingerprint density at radius 2 is 2.26 bits per heavy atom. The molecule has 1 fully saturated rings. The molecule has 6 heteroatoms. The highest BCUT2D eigenvalue weighted by Gasteiger charge is 2.23. The van der Waals surface area contributed by atoms with Crippen LogP contribution in [0.4, 0.5) is 11.5 Å². The molecule has 5 nitrogen and oxygen atoms in total. The van der Waals surface area contributed by atoms with Crippen LogP contribution in [0.5, 0.6) is 0 Å². The molecule has 104 valence electrons. The van der Waals surface area contributed by atoms with Gasteiger partial charge in [0.1, 0.15) is 0 Å². The van der Waals surface area contributed by atoms with E-state index in [0.717, 1.165) is 6.54 Å². The van der Waals surface area contributed by atoms with Crippen molar-refractivity contribution in [2.45, 2.75) is 32.6 Å². The predicted molar refractivity (Wildman–Crippen MR) is 75.5 cm³/mol. The van der Waals surface area contributed by atoms with Gasteiger partial charge in [0.15, 0.2) is 0 Å². The van der Waals surface area contributed by atoms with Crippen LogP contribution >= 0.6 is 11.6 Å². The molecular formula is C13H18ClN3O2. The number of aromatic nitrogens is 1. The predicted octanol–water partition coefficient (Wildman–Crippen LogP) is 3.88. The number of halogens is 1. The zero-order valence-corrected chi connectivity index (χ0v) is 11.7. The van der Waals surface area contributed by atoms with Crippen LogP contribution in [0.25, 0.3) is 0 Å². The first-order valence-corrected chi connectivity index (χ1v) is 6.99. The maximum absolute atomic E-state index is 11.0. The second kappa shape index (κ2) is 6.19. The first-order valence-electron chi connectivity index (χ1n) is 6.61. The Labute approximate surface area is 117 Å². The SMILES string of the molecule is CC1CCCCC1CNc1ncc(Cl)cc1[N+](=O)[O-]. The third-order valence-corrected chi connectivity index (χ3v) is 4.06. The lowest BCUT2D eigenvalue weighted by molar-refractivity contribution is -0.384. The third kappa shape index (κ3) is 3.56. The molecule has 1 aromatic heterocycles. The molecule has 1 heterocycles. The lowest BCUT2D eigenvalue weighted by Gasteiger charge is -2.28. The van der Waals surface area contributed by atoms with Crippen molar-refractivity contribution in [1.82, 2.24) is 4.98 Å². The maximum atomic E-state index is 11.0. The lowest BCUT2D eigenvalue weighted by atomic mass is 9.80. The van der Waals surface area contributed by atoms with Gasteiger partial charge in [-0.15, -0.1) is 0 Å². The highest BCUT2D eigenvalue weighted by atomic mass is 35.5. The average molecular weight is 284 g/mol. The number of anilines is 1. The number of hydrogen-bond donors (Lipinski definition) is 1. The van der Waals surface area contributed by atoms with Gasteiger partial charge in [0.25, 0.3) is 0 Å². The van der Waals surface area contributed by atoms with Crippen molar-refractivity contribution in [3.05, 3.63) is 27.4 Å². The first-order chi connectivity index (χ1) is 9.08. The zero-order valence-electron chi connectivity index (χ0n) is 10.9. The van der Waals surface area contributed by atoms with E-state index in [-0.39, 0.29) is 10.7 Å². The van der Waals surface area contributed by atoms with Gasteiger partial charge in [-0.1, -0.05) is 37.8 Å². The number of nitrogens with one attached hydrogen (secondary N) is 1. The summed E-state index contributed by atoms with van der Waals surface area (Å²) in [5, 5.41) is 14.3. The van der Waals surface area contributed by atoms with Crippen LogP contribution in [0, 0.1) is 22.0 Å². The van der Waals surface area contributed by atoms with Gasteiger partial charge in [0, 0.05) is 18.8 Å². The van der Waals surface area contributed by atoms with E-state index in [9.17, 15) is 10.1 Å². The Bertz CT molecular complexity index is 467. The third-order valence-electron chi connectivity index (χ3n) is 3.85. The largest absolute Gasteiger partial charge is 0.364 e. The molecule has 1 aliphatic carbocycles. The van der Waals surface area contributed by atoms with Gasteiger partial charge in [-0.3, -0.25) is 10.1 Å². The lowest BCUT2D eigenvalue weighted by Crippen LogP contribution is -2.24. The van der Waals surface area contributed by atoms with Crippen LogP contribution < -0.4 is 5.32 Å². The van der Waals surface area contributed by atoms with Crippen LogP contribution in [0.1, 0.15) is 32.6 Å². The summed E-state index contributed by atoms with van der Waals surface area (Å²) in [5.41, 5.74) is -0.0593. The Hall–Kier alpha value is -1.36. The smallest absolute Gasteiger partial charge is 0.312 e. The van der Waals surface area contributed by atoms with Gasteiger partial charge in [-0.25, -0.2) is 4.98 Å². The Morgan fingerprint density at radius 1 is 1.53 bits per heavy atom. The molecule has 0 saturated heterocycles. The summed E-state index contributed by atoms with van der Waals surface area (Å²) in [4.78, 5) is 14.5. The van der Waals surface area contributed by atoms with Crippen molar-refractivity contribution in [2.75, 3.05) is 11.9 Å². The van der Waals surface area contributed by atoms with Crippen LogP contribution in [0.2, 0.25) is 5.02 Å². The molecule has 1 aromatic rings. The van der Waals surface area contributed by atoms with Crippen LogP contribution in [0.15, 0.2) is 12.3 Å². The molecule has 0 radical (unpaired) electrons. The first kappa shape index (κ1) is 14.1. The van der Waals surface area contributed by atoms with Gasteiger partial charge in [-0.05, 0) is 18.3 Å².